The first kappa shape index (κ1) is 14.0. The van der Waals surface area contributed by atoms with Crippen molar-refractivity contribution in [2.75, 3.05) is 5.75 Å². The van der Waals surface area contributed by atoms with Gasteiger partial charge < -0.3 is 5.32 Å². The van der Waals surface area contributed by atoms with E-state index < -0.39 is 0 Å². The number of carbonyl (C=O) groups is 1. The van der Waals surface area contributed by atoms with Gasteiger partial charge >= 0.3 is 0 Å². The number of aromatic amines is 1. The number of amides is 1. The number of carbonyl (C=O) groups excluding carboxylic acids is 1. The van der Waals surface area contributed by atoms with Crippen LogP contribution in [0.3, 0.4) is 0 Å². The Balaban J connectivity index is 2.31. The maximum absolute atomic E-state index is 11.5. The van der Waals surface area contributed by atoms with Gasteiger partial charge in [0, 0.05) is 12.5 Å². The van der Waals surface area contributed by atoms with Crippen molar-refractivity contribution in [1.29, 1.82) is 0 Å². The number of aryl methyl sites for hydroxylation is 1. The van der Waals surface area contributed by atoms with Crippen molar-refractivity contribution in [1.82, 2.24) is 20.5 Å². The van der Waals surface area contributed by atoms with Crippen LogP contribution >= 0.6 is 11.8 Å². The average molecular weight is 256 g/mol. The van der Waals surface area contributed by atoms with Gasteiger partial charge in [0.25, 0.3) is 0 Å². The smallest absolute Gasteiger partial charge is 0.230 e. The fraction of sp³-hybridized carbons (Fsp3) is 0.727. The topological polar surface area (TPSA) is 70.7 Å². The number of aromatic nitrogens is 3. The maximum atomic E-state index is 11.5. The lowest BCUT2D eigenvalue weighted by molar-refractivity contribution is -0.119. The molecule has 0 aliphatic rings. The van der Waals surface area contributed by atoms with E-state index in [1.54, 1.807) is 0 Å². The minimum Gasteiger partial charge on any atom is -0.353 e. The molecule has 6 heteroatoms. The quantitative estimate of drug-likeness (QED) is 0.729. The van der Waals surface area contributed by atoms with Gasteiger partial charge in [0.1, 0.15) is 5.82 Å². The second kappa shape index (κ2) is 7.32. The zero-order valence-corrected chi connectivity index (χ0v) is 11.4. The molecule has 0 spiro atoms. The van der Waals surface area contributed by atoms with Crippen LogP contribution in [0.2, 0.25) is 0 Å². The highest BCUT2D eigenvalue weighted by Gasteiger charge is 2.08. The van der Waals surface area contributed by atoms with Gasteiger partial charge in [0.05, 0.1) is 5.75 Å². The van der Waals surface area contributed by atoms with Crippen LogP contribution in [0.25, 0.3) is 0 Å². The summed E-state index contributed by atoms with van der Waals surface area (Å²) in [5.74, 6) is 1.29. The molecule has 1 aromatic rings. The third-order valence-corrected chi connectivity index (χ3v) is 3.20. The van der Waals surface area contributed by atoms with Crippen LogP contribution in [0.5, 0.6) is 0 Å². The van der Waals surface area contributed by atoms with Crippen molar-refractivity contribution >= 4 is 17.7 Å². The van der Waals surface area contributed by atoms with Crippen molar-refractivity contribution in [3.63, 3.8) is 0 Å². The molecule has 5 nitrogen and oxygen atoms in total. The first-order chi connectivity index (χ1) is 8.15. The minimum atomic E-state index is 0.0335. The Hall–Kier alpha value is -1.04. The van der Waals surface area contributed by atoms with Gasteiger partial charge in [-0.1, -0.05) is 25.6 Å². The molecule has 0 aromatic carbocycles. The van der Waals surface area contributed by atoms with Crippen LogP contribution < -0.4 is 5.32 Å². The molecule has 1 amide bonds. The zero-order chi connectivity index (χ0) is 12.7. The predicted molar refractivity (Wildman–Crippen MR) is 69.0 cm³/mol. The lowest BCUT2D eigenvalue weighted by Gasteiger charge is -2.09. The summed E-state index contributed by atoms with van der Waals surface area (Å²) in [6, 6.07) is 0.228. The Kier molecular flexibility index (Phi) is 6.04. The number of hydrogen-bond donors (Lipinski definition) is 2. The molecule has 0 fully saturated rings. The van der Waals surface area contributed by atoms with Gasteiger partial charge in [-0.2, -0.15) is 0 Å². The summed E-state index contributed by atoms with van der Waals surface area (Å²) in [5, 5.41) is 10.5. The van der Waals surface area contributed by atoms with Gasteiger partial charge in [0.15, 0.2) is 0 Å². The van der Waals surface area contributed by atoms with Crippen LogP contribution in [-0.4, -0.2) is 32.9 Å². The molecule has 0 aliphatic heterocycles. The van der Waals surface area contributed by atoms with E-state index in [0.717, 1.165) is 25.1 Å². The van der Waals surface area contributed by atoms with Crippen LogP contribution in [0.4, 0.5) is 0 Å². The third-order valence-electron chi connectivity index (χ3n) is 2.35. The molecule has 1 rings (SSSR count). The second-order valence-electron chi connectivity index (χ2n) is 3.98. The van der Waals surface area contributed by atoms with Crippen LogP contribution in [0.1, 0.15) is 39.4 Å². The number of thioether (sulfide) groups is 1. The highest BCUT2D eigenvalue weighted by atomic mass is 32.2. The van der Waals surface area contributed by atoms with E-state index in [4.69, 9.17) is 0 Å². The van der Waals surface area contributed by atoms with E-state index in [0.29, 0.717) is 10.9 Å². The molecular weight excluding hydrogens is 236 g/mol. The Morgan fingerprint density at radius 1 is 1.53 bits per heavy atom. The monoisotopic (exact) mass is 256 g/mol. The van der Waals surface area contributed by atoms with Gasteiger partial charge in [-0.25, -0.2) is 4.98 Å². The van der Waals surface area contributed by atoms with Gasteiger partial charge in [-0.05, 0) is 19.8 Å². The Morgan fingerprint density at radius 2 is 2.29 bits per heavy atom. The number of rotatable bonds is 7. The van der Waals surface area contributed by atoms with Crippen LogP contribution in [-0.2, 0) is 11.2 Å². The maximum Gasteiger partial charge on any atom is 0.230 e. The van der Waals surface area contributed by atoms with E-state index >= 15 is 0 Å². The summed E-state index contributed by atoms with van der Waals surface area (Å²) in [4.78, 5) is 15.8. The fourth-order valence-corrected chi connectivity index (χ4v) is 1.87. The lowest BCUT2D eigenvalue weighted by Crippen LogP contribution is -2.33. The van der Waals surface area contributed by atoms with Gasteiger partial charge in [0.2, 0.25) is 11.1 Å². The summed E-state index contributed by atoms with van der Waals surface area (Å²) in [6.07, 6.45) is 2.87. The molecule has 0 saturated heterocycles. The molecular formula is C11H20N4OS. The first-order valence-corrected chi connectivity index (χ1v) is 6.97. The van der Waals surface area contributed by atoms with Crippen molar-refractivity contribution in [2.24, 2.45) is 0 Å². The number of nitrogens with one attached hydrogen (secondary N) is 2. The first-order valence-electron chi connectivity index (χ1n) is 5.99. The standard InChI is InChI=1S/C11H20N4OS/c1-4-6-9-13-11(15-14-9)17-7-10(16)12-8(3)5-2/h8H,4-7H2,1-3H3,(H,12,16)(H,13,14,15). The normalized spacial score (nSPS) is 12.4. The van der Waals surface area contributed by atoms with Crippen molar-refractivity contribution in [3.05, 3.63) is 5.82 Å². The Labute approximate surface area is 106 Å². The summed E-state index contributed by atoms with van der Waals surface area (Å²) in [7, 11) is 0. The molecule has 1 aromatic heterocycles. The molecule has 0 saturated carbocycles. The Morgan fingerprint density at radius 3 is 2.94 bits per heavy atom. The molecule has 96 valence electrons. The summed E-state index contributed by atoms with van der Waals surface area (Å²) in [5.41, 5.74) is 0. The van der Waals surface area contributed by atoms with E-state index in [-0.39, 0.29) is 11.9 Å². The number of H-pyrrole nitrogens is 1. The van der Waals surface area contributed by atoms with Crippen LogP contribution in [0, 0.1) is 0 Å². The summed E-state index contributed by atoms with van der Waals surface area (Å²) >= 11 is 1.36. The number of hydrogen-bond acceptors (Lipinski definition) is 4. The van der Waals surface area contributed by atoms with E-state index in [2.05, 4.69) is 27.4 Å². The molecule has 0 aliphatic carbocycles. The van der Waals surface area contributed by atoms with Crippen molar-refractivity contribution in [3.8, 4) is 0 Å². The number of nitrogens with zero attached hydrogens (tertiary/aromatic N) is 2. The van der Waals surface area contributed by atoms with E-state index in [1.807, 2.05) is 13.8 Å². The molecule has 1 heterocycles. The van der Waals surface area contributed by atoms with E-state index in [1.165, 1.54) is 11.8 Å². The summed E-state index contributed by atoms with van der Waals surface area (Å²) in [6.45, 7) is 6.13. The third kappa shape index (κ3) is 5.21. The minimum absolute atomic E-state index is 0.0335. The van der Waals surface area contributed by atoms with E-state index in [9.17, 15) is 4.79 Å². The molecule has 17 heavy (non-hydrogen) atoms. The predicted octanol–water partition coefficient (Wildman–Crippen LogP) is 1.76. The average Bonchev–Trinajstić information content (AvgIpc) is 2.74. The molecule has 1 unspecified atom stereocenters. The zero-order valence-electron chi connectivity index (χ0n) is 10.6. The van der Waals surface area contributed by atoms with Gasteiger partial charge in [-0.15, -0.1) is 5.10 Å². The Bertz CT molecular complexity index is 353. The highest BCUT2D eigenvalue weighted by Crippen LogP contribution is 2.12. The SMILES string of the molecule is CCCc1nc(SCC(=O)NC(C)CC)n[nH]1. The lowest BCUT2D eigenvalue weighted by atomic mass is 10.3. The molecule has 0 radical (unpaired) electrons. The molecule has 0 bridgehead atoms. The van der Waals surface area contributed by atoms with Crippen molar-refractivity contribution in [2.45, 2.75) is 51.2 Å². The highest BCUT2D eigenvalue weighted by molar-refractivity contribution is 7.99. The van der Waals surface area contributed by atoms with Gasteiger partial charge in [-0.3, -0.25) is 9.89 Å². The molecule has 2 N–H and O–H groups in total. The second-order valence-corrected chi connectivity index (χ2v) is 4.92. The van der Waals surface area contributed by atoms with Crippen LogP contribution in [0.15, 0.2) is 5.16 Å². The summed E-state index contributed by atoms with van der Waals surface area (Å²) < 4.78 is 0. The fourth-order valence-electron chi connectivity index (χ4n) is 1.24. The van der Waals surface area contributed by atoms with Crippen molar-refractivity contribution < 1.29 is 4.79 Å². The largest absolute Gasteiger partial charge is 0.353 e. The molecule has 1 atom stereocenters.